The fraction of sp³-hybridized carbons (Fsp3) is 0.562. The van der Waals surface area contributed by atoms with E-state index in [2.05, 4.69) is 77.5 Å². The van der Waals surface area contributed by atoms with Gasteiger partial charge >= 0.3 is 0 Å². The molecule has 8 heteroatoms. The standard InChI is InChI=1S/C32H44N4O3S/c1-23-10-9-11-27(24(23)2)25-13-15-26(16-14-25)32-28-21-34(17-7-8-18-35(28)29(32)22-39-3)40(37,38)31-20-33-30-12-5-4-6-19-36(30)31/h7-11,13-16,28-33H,4-6,12,17-22H2,1-3H3/b8-7-/t28?,29-,30?,31?,32+/m1/s1. The molecule has 0 radical (unpaired) electrons. The maximum Gasteiger partial charge on any atom is 0.232 e. The summed E-state index contributed by atoms with van der Waals surface area (Å²) in [6.45, 7) is 8.10. The largest absolute Gasteiger partial charge is 0.383 e. The minimum Gasteiger partial charge on any atom is -0.383 e. The van der Waals surface area contributed by atoms with Crippen molar-refractivity contribution >= 4 is 10.0 Å². The van der Waals surface area contributed by atoms with E-state index in [0.29, 0.717) is 26.2 Å². The molecule has 1 N–H and O–H groups in total. The van der Waals surface area contributed by atoms with Gasteiger partial charge in [0.25, 0.3) is 0 Å². The van der Waals surface area contributed by atoms with Gasteiger partial charge in [-0.3, -0.25) is 15.1 Å². The van der Waals surface area contributed by atoms with Gasteiger partial charge in [0, 0.05) is 57.8 Å². The van der Waals surface area contributed by atoms with Crippen LogP contribution in [0.4, 0.5) is 0 Å². The van der Waals surface area contributed by atoms with Crippen molar-refractivity contribution in [2.75, 3.05) is 46.4 Å². The lowest BCUT2D eigenvalue weighted by Gasteiger charge is -2.56. The van der Waals surface area contributed by atoms with Crippen molar-refractivity contribution in [3.8, 4) is 11.1 Å². The highest BCUT2D eigenvalue weighted by Crippen LogP contribution is 2.43. The van der Waals surface area contributed by atoms with E-state index in [1.54, 1.807) is 11.4 Å². The van der Waals surface area contributed by atoms with Crippen LogP contribution >= 0.6 is 0 Å². The number of ether oxygens (including phenoxy) is 1. The van der Waals surface area contributed by atoms with Gasteiger partial charge in [-0.15, -0.1) is 0 Å². The molecule has 0 saturated carbocycles. The number of hydrogen-bond donors (Lipinski definition) is 1. The molecule has 0 bridgehead atoms. The van der Waals surface area contributed by atoms with Crippen molar-refractivity contribution in [2.24, 2.45) is 0 Å². The number of hydrogen-bond acceptors (Lipinski definition) is 6. The quantitative estimate of drug-likeness (QED) is 0.534. The van der Waals surface area contributed by atoms with Crippen molar-refractivity contribution in [2.45, 2.75) is 69.1 Å². The van der Waals surface area contributed by atoms with Gasteiger partial charge in [0.2, 0.25) is 10.0 Å². The topological polar surface area (TPSA) is 65.1 Å². The van der Waals surface area contributed by atoms with E-state index in [1.165, 1.54) is 34.2 Å². The molecule has 3 unspecified atom stereocenters. The second-order valence-electron chi connectivity index (χ2n) is 12.0. The summed E-state index contributed by atoms with van der Waals surface area (Å²) in [5, 5.41) is 3.03. The highest BCUT2D eigenvalue weighted by atomic mass is 32.2. The minimum absolute atomic E-state index is 0.112. The molecule has 40 heavy (non-hydrogen) atoms. The maximum atomic E-state index is 14.2. The molecule has 0 aromatic heterocycles. The van der Waals surface area contributed by atoms with Crippen molar-refractivity contribution in [3.63, 3.8) is 0 Å². The summed E-state index contributed by atoms with van der Waals surface area (Å²) in [6.07, 6.45) is 8.79. The molecular formula is C32H44N4O3S. The smallest absolute Gasteiger partial charge is 0.232 e. The van der Waals surface area contributed by atoms with Crippen LogP contribution in [0.1, 0.15) is 48.3 Å². The van der Waals surface area contributed by atoms with Crippen LogP contribution in [0.25, 0.3) is 11.1 Å². The first-order valence-electron chi connectivity index (χ1n) is 14.9. The molecule has 0 spiro atoms. The summed E-state index contributed by atoms with van der Waals surface area (Å²) >= 11 is 0. The van der Waals surface area contributed by atoms with Gasteiger partial charge < -0.3 is 4.74 Å². The summed E-state index contributed by atoms with van der Waals surface area (Å²) in [5.41, 5.74) is 6.34. The average Bonchev–Trinajstić information content (AvgIpc) is 3.21. The maximum absolute atomic E-state index is 14.2. The molecule has 3 fully saturated rings. The Morgan fingerprint density at radius 2 is 1.77 bits per heavy atom. The number of sulfonamides is 1. The number of benzene rings is 2. The van der Waals surface area contributed by atoms with Crippen LogP contribution in [-0.2, 0) is 14.8 Å². The fourth-order valence-corrected chi connectivity index (χ4v) is 9.34. The molecular weight excluding hydrogens is 520 g/mol. The van der Waals surface area contributed by atoms with Gasteiger partial charge in [-0.1, -0.05) is 67.5 Å². The van der Waals surface area contributed by atoms with Crippen molar-refractivity contribution < 1.29 is 13.2 Å². The zero-order chi connectivity index (χ0) is 27.9. The summed E-state index contributed by atoms with van der Waals surface area (Å²) in [6, 6.07) is 15.7. The van der Waals surface area contributed by atoms with Gasteiger partial charge in [0.1, 0.15) is 5.37 Å². The number of nitrogens with zero attached hydrogens (tertiary/aromatic N) is 3. The molecule has 216 valence electrons. The molecule has 2 aromatic rings. The number of aryl methyl sites for hydroxylation is 1. The highest BCUT2D eigenvalue weighted by molar-refractivity contribution is 7.89. The van der Waals surface area contributed by atoms with E-state index >= 15 is 0 Å². The SMILES string of the molecule is COC[C@@H]1[C@@H](c2ccc(-c3cccc(C)c3C)cc2)C2CN(S(=O)(=O)C3CNC4CCCCCN43)C/C=C\CN21. The van der Waals surface area contributed by atoms with E-state index < -0.39 is 15.4 Å². The van der Waals surface area contributed by atoms with Crippen molar-refractivity contribution in [1.82, 2.24) is 19.4 Å². The Hall–Kier alpha value is -2.07. The third-order valence-electron chi connectivity index (χ3n) is 9.81. The van der Waals surface area contributed by atoms with E-state index in [1.807, 2.05) is 6.08 Å². The zero-order valence-electron chi connectivity index (χ0n) is 24.1. The molecule has 2 aromatic carbocycles. The Labute approximate surface area is 240 Å². The number of rotatable bonds is 6. The Kier molecular flexibility index (Phi) is 8.19. The Balaban J connectivity index is 1.27. The molecule has 4 heterocycles. The van der Waals surface area contributed by atoms with Crippen LogP contribution in [-0.4, -0.2) is 92.6 Å². The van der Waals surface area contributed by atoms with Gasteiger partial charge in [0.15, 0.2) is 0 Å². The monoisotopic (exact) mass is 564 g/mol. The number of fused-ring (bicyclic) bond motifs is 2. The number of nitrogens with one attached hydrogen (secondary N) is 1. The molecule has 3 saturated heterocycles. The molecule has 4 aliphatic rings. The van der Waals surface area contributed by atoms with Crippen LogP contribution in [0.2, 0.25) is 0 Å². The van der Waals surface area contributed by atoms with Gasteiger partial charge in [0.05, 0.1) is 12.8 Å². The third-order valence-corrected chi connectivity index (χ3v) is 12.0. The van der Waals surface area contributed by atoms with E-state index in [0.717, 1.165) is 32.4 Å². The summed E-state index contributed by atoms with van der Waals surface area (Å²) in [4.78, 5) is 4.66. The van der Waals surface area contributed by atoms with Crippen molar-refractivity contribution in [3.05, 3.63) is 71.3 Å². The molecule has 7 nitrogen and oxygen atoms in total. The summed E-state index contributed by atoms with van der Waals surface area (Å²) in [5.74, 6) is 0.212. The van der Waals surface area contributed by atoms with Gasteiger partial charge in [-0.05, 0) is 54.5 Å². The molecule has 0 aliphatic carbocycles. The zero-order valence-corrected chi connectivity index (χ0v) is 24.9. The predicted octanol–water partition coefficient (Wildman–Crippen LogP) is 4.09. The van der Waals surface area contributed by atoms with Crippen LogP contribution < -0.4 is 5.32 Å². The average molecular weight is 565 g/mol. The lowest BCUT2D eigenvalue weighted by atomic mass is 9.74. The van der Waals surface area contributed by atoms with Gasteiger partial charge in [-0.25, -0.2) is 8.42 Å². The predicted molar refractivity (Wildman–Crippen MR) is 161 cm³/mol. The Morgan fingerprint density at radius 3 is 2.58 bits per heavy atom. The van der Waals surface area contributed by atoms with Crippen molar-refractivity contribution in [1.29, 1.82) is 0 Å². The second-order valence-corrected chi connectivity index (χ2v) is 14.1. The lowest BCUT2D eigenvalue weighted by molar-refractivity contribution is -0.0509. The highest BCUT2D eigenvalue weighted by Gasteiger charge is 2.51. The normalized spacial score (nSPS) is 30.9. The fourth-order valence-electron chi connectivity index (χ4n) is 7.44. The van der Waals surface area contributed by atoms with E-state index in [4.69, 9.17) is 4.74 Å². The van der Waals surface area contributed by atoms with Crippen LogP contribution in [0.15, 0.2) is 54.6 Å². The first kappa shape index (κ1) is 28.1. The number of methoxy groups -OCH3 is 1. The minimum atomic E-state index is -3.51. The van der Waals surface area contributed by atoms with E-state index in [9.17, 15) is 8.42 Å². The van der Waals surface area contributed by atoms with Crippen LogP contribution in [0.5, 0.6) is 0 Å². The summed E-state index contributed by atoms with van der Waals surface area (Å²) in [7, 11) is -1.75. The van der Waals surface area contributed by atoms with Crippen LogP contribution in [0.3, 0.4) is 0 Å². The third kappa shape index (κ3) is 5.08. The van der Waals surface area contributed by atoms with E-state index in [-0.39, 0.29) is 24.2 Å². The van der Waals surface area contributed by atoms with Crippen LogP contribution in [0, 0.1) is 13.8 Å². The van der Waals surface area contributed by atoms with Gasteiger partial charge in [-0.2, -0.15) is 4.31 Å². The Bertz CT molecular complexity index is 1330. The lowest BCUT2D eigenvalue weighted by Crippen LogP contribution is -2.68. The second kappa shape index (κ2) is 11.7. The molecule has 4 aliphatic heterocycles. The summed E-state index contributed by atoms with van der Waals surface area (Å²) < 4.78 is 35.8. The first-order chi connectivity index (χ1) is 19.4. The molecule has 0 amide bonds. The molecule has 6 rings (SSSR count). The first-order valence-corrected chi connectivity index (χ1v) is 16.4. The molecule has 5 atom stereocenters. The Morgan fingerprint density at radius 1 is 0.975 bits per heavy atom.